The molecular weight excluding hydrogens is 292 g/mol. The SMILES string of the molecule is CO[C@@H]1O[C@H]2COc3ccccc3O[C@@H]2[C@H]2[C@H]1N2C(N)=S. The zero-order chi connectivity index (χ0) is 14.6. The molecule has 3 aliphatic heterocycles. The molecule has 0 unspecified atom stereocenters. The molecule has 0 radical (unpaired) electrons. The van der Waals surface area contributed by atoms with Gasteiger partial charge in [-0.15, -0.1) is 0 Å². The first-order valence-corrected chi connectivity index (χ1v) is 7.26. The third-order valence-electron chi connectivity index (χ3n) is 4.20. The van der Waals surface area contributed by atoms with E-state index in [1.165, 1.54) is 0 Å². The van der Waals surface area contributed by atoms with Gasteiger partial charge in [-0.25, -0.2) is 0 Å². The molecular formula is C14H16N2O4S. The number of benzene rings is 1. The molecule has 5 atom stereocenters. The Balaban J connectivity index is 1.65. The number of fused-ring (bicyclic) bond motifs is 4. The van der Waals surface area contributed by atoms with Crippen molar-refractivity contribution in [2.24, 2.45) is 5.73 Å². The number of thiocarbonyl (C=S) groups is 1. The summed E-state index contributed by atoms with van der Waals surface area (Å²) < 4.78 is 23.3. The Hall–Kier alpha value is -1.57. The highest BCUT2D eigenvalue weighted by atomic mass is 32.1. The summed E-state index contributed by atoms with van der Waals surface area (Å²) in [5.74, 6) is 1.45. The van der Waals surface area contributed by atoms with E-state index in [0.717, 1.165) is 11.5 Å². The highest BCUT2D eigenvalue weighted by Gasteiger charge is 2.65. The Morgan fingerprint density at radius 3 is 2.81 bits per heavy atom. The second kappa shape index (κ2) is 4.72. The largest absolute Gasteiger partial charge is 0.487 e. The summed E-state index contributed by atoms with van der Waals surface area (Å²) in [5, 5.41) is 0.346. The van der Waals surface area contributed by atoms with Crippen LogP contribution in [0.1, 0.15) is 0 Å². The lowest BCUT2D eigenvalue weighted by Crippen LogP contribution is -2.50. The van der Waals surface area contributed by atoms with Crippen LogP contribution in [0.5, 0.6) is 11.5 Å². The predicted molar refractivity (Wildman–Crippen MR) is 78.2 cm³/mol. The Kier molecular flexibility index (Phi) is 2.95. The van der Waals surface area contributed by atoms with Crippen molar-refractivity contribution in [1.29, 1.82) is 0 Å². The van der Waals surface area contributed by atoms with Crippen molar-refractivity contribution in [1.82, 2.24) is 4.90 Å². The lowest BCUT2D eigenvalue weighted by Gasteiger charge is -2.31. The quantitative estimate of drug-likeness (QED) is 0.598. The molecule has 2 fully saturated rings. The zero-order valence-electron chi connectivity index (χ0n) is 11.5. The molecule has 0 bridgehead atoms. The van der Waals surface area contributed by atoms with Crippen LogP contribution in [0.3, 0.4) is 0 Å². The summed E-state index contributed by atoms with van der Waals surface area (Å²) in [6, 6.07) is 7.69. The van der Waals surface area contributed by atoms with E-state index in [-0.39, 0.29) is 30.6 Å². The summed E-state index contributed by atoms with van der Waals surface area (Å²) in [5.41, 5.74) is 5.79. The second-order valence-corrected chi connectivity index (χ2v) is 5.76. The molecule has 21 heavy (non-hydrogen) atoms. The molecule has 0 aromatic heterocycles. The summed E-state index contributed by atoms with van der Waals surface area (Å²) in [4.78, 5) is 1.92. The number of rotatable bonds is 1. The number of nitrogens with zero attached hydrogens (tertiary/aromatic N) is 1. The van der Waals surface area contributed by atoms with Gasteiger partial charge in [0.05, 0.1) is 6.04 Å². The van der Waals surface area contributed by atoms with Gasteiger partial charge in [0.25, 0.3) is 0 Å². The molecule has 7 heteroatoms. The normalized spacial score (nSPS) is 36.2. The van der Waals surface area contributed by atoms with Crippen LogP contribution in [0.2, 0.25) is 0 Å². The van der Waals surface area contributed by atoms with Crippen LogP contribution < -0.4 is 15.2 Å². The van der Waals surface area contributed by atoms with Crippen molar-refractivity contribution in [2.45, 2.75) is 30.6 Å². The molecule has 0 saturated carbocycles. The molecule has 2 N–H and O–H groups in total. The van der Waals surface area contributed by atoms with Crippen molar-refractivity contribution in [3.8, 4) is 11.5 Å². The highest BCUT2D eigenvalue weighted by Crippen LogP contribution is 2.45. The molecule has 112 valence electrons. The van der Waals surface area contributed by atoms with Crippen LogP contribution in [0.4, 0.5) is 0 Å². The first-order valence-electron chi connectivity index (χ1n) is 6.85. The van der Waals surface area contributed by atoms with Gasteiger partial charge < -0.3 is 29.6 Å². The van der Waals surface area contributed by atoms with Gasteiger partial charge in [-0.1, -0.05) is 12.1 Å². The minimum Gasteiger partial charge on any atom is -0.487 e. The third-order valence-corrected chi connectivity index (χ3v) is 4.41. The average Bonchev–Trinajstić information content (AvgIpc) is 3.24. The maximum atomic E-state index is 6.13. The third kappa shape index (κ3) is 1.96. The molecule has 1 aromatic rings. The number of nitrogens with two attached hydrogens (primary N) is 1. The van der Waals surface area contributed by atoms with E-state index in [4.69, 9.17) is 36.9 Å². The van der Waals surface area contributed by atoms with Crippen molar-refractivity contribution >= 4 is 17.3 Å². The lowest BCUT2D eigenvalue weighted by atomic mass is 10.1. The fourth-order valence-corrected chi connectivity index (χ4v) is 3.46. The summed E-state index contributed by atoms with van der Waals surface area (Å²) in [6.07, 6.45) is -0.763. The zero-order valence-corrected chi connectivity index (χ0v) is 12.3. The molecule has 6 nitrogen and oxygen atoms in total. The van der Waals surface area contributed by atoms with E-state index in [9.17, 15) is 0 Å². The smallest absolute Gasteiger partial charge is 0.180 e. The number of methoxy groups -OCH3 is 1. The van der Waals surface area contributed by atoms with Crippen LogP contribution in [0.25, 0.3) is 0 Å². The maximum Gasteiger partial charge on any atom is 0.180 e. The van der Waals surface area contributed by atoms with E-state index in [2.05, 4.69) is 0 Å². The highest BCUT2D eigenvalue weighted by molar-refractivity contribution is 7.80. The van der Waals surface area contributed by atoms with Crippen LogP contribution in [0, 0.1) is 0 Å². The standard InChI is InChI=1S/C14H16N2O4S/c1-17-13-11-10(16(11)14(15)21)12-9(20-13)6-18-7-4-2-3-5-8(7)19-12/h2-5,9-13H,6H2,1H3,(H2,15,21)/t9-,10+,11+,12-,13+,16?/m0/s1. The number of ether oxygens (including phenoxy) is 4. The molecule has 1 aromatic carbocycles. The van der Waals surface area contributed by atoms with E-state index in [0.29, 0.717) is 11.7 Å². The van der Waals surface area contributed by atoms with Gasteiger partial charge in [0.1, 0.15) is 18.8 Å². The Morgan fingerprint density at radius 2 is 2.10 bits per heavy atom. The second-order valence-electron chi connectivity index (χ2n) is 5.35. The lowest BCUT2D eigenvalue weighted by molar-refractivity contribution is -0.197. The maximum absolute atomic E-state index is 6.13. The average molecular weight is 308 g/mol. The topological polar surface area (TPSA) is 66.0 Å². The Bertz CT molecular complexity index is 584. The van der Waals surface area contributed by atoms with Gasteiger partial charge in [0, 0.05) is 7.11 Å². The van der Waals surface area contributed by atoms with Gasteiger partial charge in [-0.3, -0.25) is 0 Å². The first kappa shape index (κ1) is 13.1. The summed E-state index contributed by atoms with van der Waals surface area (Å²) in [6.45, 7) is 0.413. The molecule has 0 aliphatic carbocycles. The molecule has 2 saturated heterocycles. The van der Waals surface area contributed by atoms with Crippen LogP contribution in [-0.4, -0.2) is 54.3 Å². The van der Waals surface area contributed by atoms with E-state index in [1.54, 1.807) is 7.11 Å². The summed E-state index contributed by atoms with van der Waals surface area (Å²) >= 11 is 5.11. The van der Waals surface area contributed by atoms with Crippen molar-refractivity contribution in [3.05, 3.63) is 24.3 Å². The van der Waals surface area contributed by atoms with E-state index >= 15 is 0 Å². The van der Waals surface area contributed by atoms with Crippen molar-refractivity contribution < 1.29 is 18.9 Å². The monoisotopic (exact) mass is 308 g/mol. The minimum absolute atomic E-state index is 0.0130. The van der Waals surface area contributed by atoms with Crippen LogP contribution in [0.15, 0.2) is 24.3 Å². The first-order chi connectivity index (χ1) is 10.2. The number of para-hydroxylation sites is 2. The molecule has 3 aliphatic rings. The van der Waals surface area contributed by atoms with Crippen molar-refractivity contribution in [3.63, 3.8) is 0 Å². The molecule has 0 amide bonds. The van der Waals surface area contributed by atoms with Gasteiger partial charge in [-0.2, -0.15) is 0 Å². The Morgan fingerprint density at radius 1 is 1.33 bits per heavy atom. The number of hydrogen-bond donors (Lipinski definition) is 1. The molecule has 3 heterocycles. The van der Waals surface area contributed by atoms with Gasteiger partial charge in [0.2, 0.25) is 0 Å². The molecule has 4 rings (SSSR count). The summed E-state index contributed by atoms with van der Waals surface area (Å²) in [7, 11) is 1.62. The minimum atomic E-state index is -0.369. The van der Waals surface area contributed by atoms with Gasteiger partial charge >= 0.3 is 0 Å². The van der Waals surface area contributed by atoms with E-state index < -0.39 is 0 Å². The predicted octanol–water partition coefficient (Wildman–Crippen LogP) is 0.494. The van der Waals surface area contributed by atoms with E-state index in [1.807, 2.05) is 29.2 Å². The molecule has 0 spiro atoms. The van der Waals surface area contributed by atoms with Gasteiger partial charge in [0.15, 0.2) is 29.0 Å². The van der Waals surface area contributed by atoms with Crippen LogP contribution >= 0.6 is 12.2 Å². The Labute approximate surface area is 127 Å². The van der Waals surface area contributed by atoms with Crippen LogP contribution in [-0.2, 0) is 9.47 Å². The van der Waals surface area contributed by atoms with Gasteiger partial charge in [-0.05, 0) is 24.4 Å². The van der Waals surface area contributed by atoms with Crippen molar-refractivity contribution in [2.75, 3.05) is 13.7 Å². The number of hydrogen-bond acceptors (Lipinski definition) is 5. The fraction of sp³-hybridized carbons (Fsp3) is 0.500. The fourth-order valence-electron chi connectivity index (χ4n) is 3.22.